The Hall–Kier alpha value is -0.270. The molecule has 1 saturated heterocycles. The highest BCUT2D eigenvalue weighted by atomic mass is 32.2. The molecule has 0 aromatic carbocycles. The van der Waals surface area contributed by atoms with Crippen molar-refractivity contribution >= 4 is 27.8 Å². The Morgan fingerprint density at radius 1 is 1.32 bits per heavy atom. The largest absolute Gasteiger partial charge is 0.480 e. The van der Waals surface area contributed by atoms with Crippen molar-refractivity contribution in [3.63, 3.8) is 0 Å². The quantitative estimate of drug-likeness (QED) is 0.858. The van der Waals surface area contributed by atoms with Crippen LogP contribution >= 0.6 is 11.8 Å². The fraction of sp³-hybridized carbons (Fsp3) is 0.917. The van der Waals surface area contributed by atoms with Crippen molar-refractivity contribution in [2.24, 2.45) is 0 Å². The molecule has 0 amide bonds. The monoisotopic (exact) mass is 307 g/mol. The first kappa shape index (κ1) is 15.1. The predicted molar refractivity (Wildman–Crippen MR) is 75.6 cm³/mol. The Balaban J connectivity index is 2.26. The molecule has 0 aromatic rings. The highest BCUT2D eigenvalue weighted by molar-refractivity contribution is 8.01. The maximum Gasteiger partial charge on any atom is 0.322 e. The van der Waals surface area contributed by atoms with E-state index in [1.165, 1.54) is 16.1 Å². The highest BCUT2D eigenvalue weighted by Crippen LogP contribution is 2.37. The lowest BCUT2D eigenvalue weighted by atomic mass is 10.0. The van der Waals surface area contributed by atoms with Crippen LogP contribution < -0.4 is 0 Å². The van der Waals surface area contributed by atoms with E-state index in [2.05, 4.69) is 0 Å². The number of nitrogens with zero attached hydrogens (tertiary/aromatic N) is 1. The number of carboxylic acids is 1. The van der Waals surface area contributed by atoms with Crippen molar-refractivity contribution in [2.45, 2.75) is 62.1 Å². The summed E-state index contributed by atoms with van der Waals surface area (Å²) in [6.45, 7) is 1.91. The number of thioether (sulfide) groups is 1. The first-order valence-corrected chi connectivity index (χ1v) is 9.40. The molecule has 2 rings (SSSR count). The van der Waals surface area contributed by atoms with Gasteiger partial charge < -0.3 is 5.11 Å². The summed E-state index contributed by atoms with van der Waals surface area (Å²) in [6.07, 6.45) is 4.94. The van der Waals surface area contributed by atoms with Gasteiger partial charge in [0.1, 0.15) is 6.04 Å². The smallest absolute Gasteiger partial charge is 0.322 e. The van der Waals surface area contributed by atoms with E-state index in [0.717, 1.165) is 19.3 Å². The van der Waals surface area contributed by atoms with Gasteiger partial charge in [-0.3, -0.25) is 4.79 Å². The number of carboxylic acid groups (broad SMARTS) is 1. The zero-order valence-electron chi connectivity index (χ0n) is 11.1. The second-order valence-corrected chi connectivity index (χ2v) is 8.51. The molecule has 110 valence electrons. The van der Waals surface area contributed by atoms with Crippen molar-refractivity contribution in [3.8, 4) is 0 Å². The van der Waals surface area contributed by atoms with Crippen LogP contribution in [0.3, 0.4) is 0 Å². The molecule has 1 aliphatic heterocycles. The van der Waals surface area contributed by atoms with Crippen LogP contribution in [0.2, 0.25) is 0 Å². The van der Waals surface area contributed by atoms with Crippen LogP contribution in [-0.2, 0) is 14.8 Å². The average Bonchev–Trinajstić information content (AvgIpc) is 2.84. The van der Waals surface area contributed by atoms with Crippen LogP contribution in [0.4, 0.5) is 0 Å². The van der Waals surface area contributed by atoms with E-state index in [9.17, 15) is 18.3 Å². The van der Waals surface area contributed by atoms with Crippen molar-refractivity contribution < 1.29 is 18.3 Å². The molecule has 2 atom stereocenters. The van der Waals surface area contributed by atoms with Crippen molar-refractivity contribution in [1.82, 2.24) is 4.31 Å². The van der Waals surface area contributed by atoms with Crippen LogP contribution in [0.5, 0.6) is 0 Å². The Morgan fingerprint density at radius 3 is 2.47 bits per heavy atom. The van der Waals surface area contributed by atoms with E-state index >= 15 is 0 Å². The first-order chi connectivity index (χ1) is 8.98. The van der Waals surface area contributed by atoms with Gasteiger partial charge in [-0.2, -0.15) is 4.31 Å². The molecule has 0 spiro atoms. The lowest BCUT2D eigenvalue weighted by molar-refractivity contribution is -0.140. The summed E-state index contributed by atoms with van der Waals surface area (Å²) in [6, 6.07) is -0.887. The fourth-order valence-corrected chi connectivity index (χ4v) is 7.05. The highest BCUT2D eigenvalue weighted by Gasteiger charge is 2.47. The van der Waals surface area contributed by atoms with E-state index in [4.69, 9.17) is 0 Å². The number of hydrogen-bond acceptors (Lipinski definition) is 4. The molecule has 0 bridgehead atoms. The maximum absolute atomic E-state index is 12.7. The molecule has 2 fully saturated rings. The van der Waals surface area contributed by atoms with Gasteiger partial charge in [-0.1, -0.05) is 26.2 Å². The van der Waals surface area contributed by atoms with Crippen LogP contribution in [0.1, 0.15) is 45.4 Å². The second-order valence-electron chi connectivity index (χ2n) is 5.19. The SMILES string of the molecule is CCC1SCC(C(=O)O)N1S(=O)(=O)C1CCCCC1. The molecule has 1 heterocycles. The normalized spacial score (nSPS) is 30.6. The van der Waals surface area contributed by atoms with Gasteiger partial charge in [0, 0.05) is 5.75 Å². The summed E-state index contributed by atoms with van der Waals surface area (Å²) in [5.41, 5.74) is 0. The standard InChI is InChI=1S/C12H21NO4S2/c1-2-11-13(10(8-18-11)12(14)15)19(16,17)9-6-4-3-5-7-9/h9-11H,2-8H2,1H3,(H,14,15). The molecular formula is C12H21NO4S2. The van der Waals surface area contributed by atoms with Crippen LogP contribution in [0.25, 0.3) is 0 Å². The third-order valence-corrected chi connectivity index (χ3v) is 7.94. The zero-order chi connectivity index (χ0) is 14.0. The molecular weight excluding hydrogens is 286 g/mol. The van der Waals surface area contributed by atoms with Gasteiger partial charge in [-0.15, -0.1) is 11.8 Å². The molecule has 2 aliphatic rings. The maximum atomic E-state index is 12.7. The lowest BCUT2D eigenvalue weighted by Gasteiger charge is -2.31. The minimum Gasteiger partial charge on any atom is -0.480 e. The van der Waals surface area contributed by atoms with Gasteiger partial charge in [0.2, 0.25) is 10.0 Å². The summed E-state index contributed by atoms with van der Waals surface area (Å²) in [5.74, 6) is -0.664. The van der Waals surface area contributed by atoms with Crippen LogP contribution in [0, 0.1) is 0 Å². The summed E-state index contributed by atoms with van der Waals surface area (Å²) < 4.78 is 26.7. The Morgan fingerprint density at radius 2 is 1.95 bits per heavy atom. The molecule has 19 heavy (non-hydrogen) atoms. The third kappa shape index (κ3) is 2.92. The van der Waals surface area contributed by atoms with Gasteiger partial charge in [0.05, 0.1) is 10.6 Å². The van der Waals surface area contributed by atoms with Crippen molar-refractivity contribution in [2.75, 3.05) is 5.75 Å². The zero-order valence-corrected chi connectivity index (χ0v) is 12.8. The first-order valence-electron chi connectivity index (χ1n) is 6.85. The Labute approximate surface area is 118 Å². The van der Waals surface area contributed by atoms with Gasteiger partial charge >= 0.3 is 5.97 Å². The second kappa shape index (κ2) is 6.01. The number of aliphatic carboxylic acids is 1. The van der Waals surface area contributed by atoms with Crippen LogP contribution in [-0.4, -0.2) is 46.2 Å². The molecule has 7 heteroatoms. The van der Waals surface area contributed by atoms with Gasteiger partial charge in [-0.05, 0) is 19.3 Å². The van der Waals surface area contributed by atoms with E-state index in [-0.39, 0.29) is 10.6 Å². The predicted octanol–water partition coefficient (Wildman–Crippen LogP) is 1.89. The fourth-order valence-electron chi connectivity index (χ4n) is 2.90. The van der Waals surface area contributed by atoms with Crippen molar-refractivity contribution in [3.05, 3.63) is 0 Å². The van der Waals surface area contributed by atoms with Gasteiger partial charge in [0.25, 0.3) is 0 Å². The van der Waals surface area contributed by atoms with E-state index in [1.54, 1.807) is 0 Å². The third-order valence-electron chi connectivity index (χ3n) is 3.94. The number of sulfonamides is 1. The van der Waals surface area contributed by atoms with E-state index in [0.29, 0.717) is 25.0 Å². The Kier molecular flexibility index (Phi) is 4.79. The number of carbonyl (C=O) groups is 1. The minimum absolute atomic E-state index is 0.215. The molecule has 0 aromatic heterocycles. The molecule has 2 unspecified atom stereocenters. The summed E-state index contributed by atoms with van der Waals surface area (Å²) >= 11 is 1.44. The summed E-state index contributed by atoms with van der Waals surface area (Å²) in [5, 5.41) is 8.65. The molecule has 1 saturated carbocycles. The van der Waals surface area contributed by atoms with E-state index < -0.39 is 22.0 Å². The van der Waals surface area contributed by atoms with Crippen molar-refractivity contribution in [1.29, 1.82) is 0 Å². The summed E-state index contributed by atoms with van der Waals surface area (Å²) in [7, 11) is -3.49. The van der Waals surface area contributed by atoms with E-state index in [1.807, 2.05) is 6.92 Å². The number of hydrogen-bond donors (Lipinski definition) is 1. The topological polar surface area (TPSA) is 74.7 Å². The number of rotatable bonds is 4. The molecule has 1 aliphatic carbocycles. The lowest BCUT2D eigenvalue weighted by Crippen LogP contribution is -2.49. The molecule has 5 nitrogen and oxygen atoms in total. The summed E-state index contributed by atoms with van der Waals surface area (Å²) in [4.78, 5) is 11.3. The Bertz CT molecular complexity index is 431. The van der Waals surface area contributed by atoms with Gasteiger partial charge in [-0.25, -0.2) is 8.42 Å². The minimum atomic E-state index is -3.49. The molecule has 1 N–H and O–H groups in total. The average molecular weight is 307 g/mol. The molecule has 0 radical (unpaired) electrons. The van der Waals surface area contributed by atoms with Gasteiger partial charge in [0.15, 0.2) is 0 Å². The van der Waals surface area contributed by atoms with Crippen LogP contribution in [0.15, 0.2) is 0 Å².